The molecule has 14 heteroatoms. The highest BCUT2D eigenvalue weighted by atomic mass is 35.5. The summed E-state index contributed by atoms with van der Waals surface area (Å²) in [7, 11) is 2.72. The van der Waals surface area contributed by atoms with Gasteiger partial charge in [-0.2, -0.15) is 4.39 Å². The van der Waals surface area contributed by atoms with Crippen molar-refractivity contribution in [3.05, 3.63) is 64.6 Å². The van der Waals surface area contributed by atoms with Crippen molar-refractivity contribution in [1.29, 1.82) is 0 Å². The molecule has 2 aliphatic rings. The Hall–Kier alpha value is -4.07. The van der Waals surface area contributed by atoms with E-state index in [2.05, 4.69) is 15.6 Å². The van der Waals surface area contributed by atoms with E-state index in [-0.39, 0.29) is 45.2 Å². The smallest absolute Gasteiger partial charge is 0.291 e. The number of hydrogen-bond acceptors (Lipinski definition) is 7. The molecule has 0 aliphatic carbocycles. The van der Waals surface area contributed by atoms with E-state index in [1.807, 2.05) is 0 Å². The first-order chi connectivity index (χ1) is 20.6. The number of rotatable bonds is 6. The maximum absolute atomic E-state index is 14.6. The standard InChI is InChI=1S/C29H31ClF2N6O5/c1-36-21(18-5-6-23(43-2)25(32)24(18)31)14-34-26(36)27(40)35-16-3-4-17(20(30)13-16)28(41)37-9-11-38(12-10-37)29(42)19-7-8-33-15-22(19)39/h3-6,13-14,19,22,33,39H,7-12,15H2,1-2H3,(H,35,40)/t19-,22+/m0/s1. The number of aliphatic hydroxyl groups is 1. The molecule has 1 aromatic heterocycles. The Balaban J connectivity index is 1.22. The number of nitrogens with one attached hydrogen (secondary N) is 2. The lowest BCUT2D eigenvalue weighted by atomic mass is 9.93. The summed E-state index contributed by atoms with van der Waals surface area (Å²) in [5, 5.41) is 16.0. The minimum absolute atomic E-state index is 0.0636. The van der Waals surface area contributed by atoms with Gasteiger partial charge in [-0.1, -0.05) is 11.6 Å². The van der Waals surface area contributed by atoms with Gasteiger partial charge in [-0.15, -0.1) is 0 Å². The molecule has 5 rings (SSSR count). The SMILES string of the molecule is COc1ccc(-c2cnc(C(=O)Nc3ccc(C(=O)N4CCN(C(=O)[C@H]5CCNC[C@H]5O)CC4)c(Cl)c3)n2C)c(F)c1F. The van der Waals surface area contributed by atoms with E-state index in [9.17, 15) is 28.3 Å². The van der Waals surface area contributed by atoms with Crippen molar-refractivity contribution in [3.63, 3.8) is 0 Å². The number of benzene rings is 2. The molecule has 3 heterocycles. The Kier molecular flexibility index (Phi) is 8.95. The van der Waals surface area contributed by atoms with Crippen LogP contribution in [0.4, 0.5) is 14.5 Å². The molecule has 3 N–H and O–H groups in total. The van der Waals surface area contributed by atoms with E-state index in [0.717, 1.165) is 0 Å². The third-order valence-electron chi connectivity index (χ3n) is 7.84. The number of piperidine rings is 1. The molecule has 2 fully saturated rings. The molecule has 0 unspecified atom stereocenters. The number of hydrogen-bond donors (Lipinski definition) is 3. The van der Waals surface area contributed by atoms with E-state index in [1.54, 1.807) is 9.80 Å². The Bertz CT molecular complexity index is 1560. The van der Waals surface area contributed by atoms with Crippen LogP contribution in [-0.4, -0.2) is 94.7 Å². The topological polar surface area (TPSA) is 129 Å². The summed E-state index contributed by atoms with van der Waals surface area (Å²) in [5.74, 6) is -4.06. The van der Waals surface area contributed by atoms with Gasteiger partial charge in [0.05, 0.1) is 41.6 Å². The van der Waals surface area contributed by atoms with Crippen molar-refractivity contribution in [2.75, 3.05) is 51.7 Å². The second-order valence-corrected chi connectivity index (χ2v) is 10.8. The number of anilines is 1. The zero-order chi connectivity index (χ0) is 30.8. The number of halogens is 3. The van der Waals surface area contributed by atoms with Crippen LogP contribution in [0.5, 0.6) is 5.75 Å². The molecule has 0 bridgehead atoms. The molecule has 3 aromatic rings. The molecule has 228 valence electrons. The molecule has 2 aliphatic heterocycles. The summed E-state index contributed by atoms with van der Waals surface area (Å²) in [6.45, 7) is 2.41. The highest BCUT2D eigenvalue weighted by molar-refractivity contribution is 6.34. The number of aromatic nitrogens is 2. The lowest BCUT2D eigenvalue weighted by Crippen LogP contribution is -2.55. The number of carbonyl (C=O) groups excluding carboxylic acids is 3. The van der Waals surface area contributed by atoms with Gasteiger partial charge in [0.1, 0.15) is 0 Å². The Morgan fingerprint density at radius 2 is 1.81 bits per heavy atom. The number of aliphatic hydroxyl groups excluding tert-OH is 1. The van der Waals surface area contributed by atoms with Crippen molar-refractivity contribution in [2.45, 2.75) is 12.5 Å². The predicted octanol–water partition coefficient (Wildman–Crippen LogP) is 2.53. The summed E-state index contributed by atoms with van der Waals surface area (Å²) < 4.78 is 35.0. The number of β-amino-alcohol motifs (C(OH)–C–C–N with tert-alkyl or cyclic N) is 1. The van der Waals surface area contributed by atoms with Crippen LogP contribution in [0.3, 0.4) is 0 Å². The molecular weight excluding hydrogens is 586 g/mol. The first-order valence-corrected chi connectivity index (χ1v) is 14.1. The van der Waals surface area contributed by atoms with Crippen LogP contribution in [0.15, 0.2) is 36.5 Å². The predicted molar refractivity (Wildman–Crippen MR) is 154 cm³/mol. The average molecular weight is 617 g/mol. The fourth-order valence-electron chi connectivity index (χ4n) is 5.38. The van der Waals surface area contributed by atoms with Gasteiger partial charge in [-0.25, -0.2) is 9.37 Å². The summed E-state index contributed by atoms with van der Waals surface area (Å²) in [5.41, 5.74) is 0.627. The number of methoxy groups -OCH3 is 1. The fourth-order valence-corrected chi connectivity index (χ4v) is 5.64. The monoisotopic (exact) mass is 616 g/mol. The molecule has 2 saturated heterocycles. The van der Waals surface area contributed by atoms with Crippen LogP contribution in [0.2, 0.25) is 5.02 Å². The van der Waals surface area contributed by atoms with Gasteiger partial charge in [0.15, 0.2) is 17.4 Å². The molecule has 0 radical (unpaired) electrons. The number of carbonyl (C=O) groups is 3. The van der Waals surface area contributed by atoms with Crippen molar-refractivity contribution in [2.24, 2.45) is 13.0 Å². The Labute approximate surface area is 251 Å². The van der Waals surface area contributed by atoms with Crippen LogP contribution >= 0.6 is 11.6 Å². The Morgan fingerprint density at radius 1 is 1.09 bits per heavy atom. The largest absolute Gasteiger partial charge is 0.494 e. The highest BCUT2D eigenvalue weighted by Gasteiger charge is 2.35. The molecular formula is C29H31ClF2N6O5. The maximum atomic E-state index is 14.6. The molecule has 43 heavy (non-hydrogen) atoms. The van der Waals surface area contributed by atoms with Crippen molar-refractivity contribution >= 4 is 35.0 Å². The summed E-state index contributed by atoms with van der Waals surface area (Å²) in [6.07, 6.45) is 1.11. The van der Waals surface area contributed by atoms with E-state index in [0.29, 0.717) is 51.4 Å². The third-order valence-corrected chi connectivity index (χ3v) is 8.15. The van der Waals surface area contributed by atoms with E-state index >= 15 is 0 Å². The first kappa shape index (κ1) is 30.4. The lowest BCUT2D eigenvalue weighted by molar-refractivity contribution is -0.141. The van der Waals surface area contributed by atoms with Gasteiger partial charge >= 0.3 is 0 Å². The molecule has 11 nitrogen and oxygen atoms in total. The zero-order valence-corrected chi connectivity index (χ0v) is 24.3. The van der Waals surface area contributed by atoms with Gasteiger partial charge in [0.2, 0.25) is 11.7 Å². The van der Waals surface area contributed by atoms with Crippen molar-refractivity contribution in [1.82, 2.24) is 24.7 Å². The number of piperazine rings is 1. The van der Waals surface area contributed by atoms with E-state index < -0.39 is 29.6 Å². The van der Waals surface area contributed by atoms with Crippen LogP contribution in [0, 0.1) is 17.6 Å². The van der Waals surface area contributed by atoms with Crippen molar-refractivity contribution < 1.29 is 33.0 Å². The average Bonchev–Trinajstić information content (AvgIpc) is 3.39. The molecule has 0 saturated carbocycles. The number of amides is 3. The number of nitrogens with zero attached hydrogens (tertiary/aromatic N) is 4. The summed E-state index contributed by atoms with van der Waals surface area (Å²) >= 11 is 6.44. The number of ether oxygens (including phenoxy) is 1. The maximum Gasteiger partial charge on any atom is 0.291 e. The highest BCUT2D eigenvalue weighted by Crippen LogP contribution is 2.30. The molecule has 2 atom stereocenters. The minimum atomic E-state index is -1.15. The van der Waals surface area contributed by atoms with Crippen LogP contribution in [0.1, 0.15) is 27.4 Å². The zero-order valence-electron chi connectivity index (χ0n) is 23.6. The van der Waals surface area contributed by atoms with Crippen LogP contribution in [0.25, 0.3) is 11.3 Å². The van der Waals surface area contributed by atoms with E-state index in [1.165, 1.54) is 55.3 Å². The van der Waals surface area contributed by atoms with Crippen molar-refractivity contribution in [3.8, 4) is 17.0 Å². The van der Waals surface area contributed by atoms with E-state index in [4.69, 9.17) is 16.3 Å². The fraction of sp³-hybridized carbons (Fsp3) is 0.379. The van der Waals surface area contributed by atoms with Crippen LogP contribution in [-0.2, 0) is 11.8 Å². The third kappa shape index (κ3) is 6.05. The molecule has 2 aromatic carbocycles. The molecule has 0 spiro atoms. The normalized spacial score (nSPS) is 18.8. The Morgan fingerprint density at radius 3 is 2.49 bits per heavy atom. The van der Waals surface area contributed by atoms with Gasteiger partial charge in [0, 0.05) is 51.0 Å². The van der Waals surface area contributed by atoms with Gasteiger partial charge < -0.3 is 34.8 Å². The minimum Gasteiger partial charge on any atom is -0.494 e. The molecule has 3 amide bonds. The first-order valence-electron chi connectivity index (χ1n) is 13.7. The lowest BCUT2D eigenvalue weighted by Gasteiger charge is -2.38. The van der Waals surface area contributed by atoms with Gasteiger partial charge in [-0.05, 0) is 43.3 Å². The van der Waals surface area contributed by atoms with Gasteiger partial charge in [0.25, 0.3) is 11.8 Å². The quantitative estimate of drug-likeness (QED) is 0.388. The summed E-state index contributed by atoms with van der Waals surface area (Å²) in [6, 6.07) is 7.08. The summed E-state index contributed by atoms with van der Waals surface area (Å²) in [4.78, 5) is 46.4. The van der Waals surface area contributed by atoms with Crippen LogP contribution < -0.4 is 15.4 Å². The van der Waals surface area contributed by atoms with Gasteiger partial charge in [-0.3, -0.25) is 14.4 Å². The number of imidazole rings is 1. The second-order valence-electron chi connectivity index (χ2n) is 10.4. The second kappa shape index (κ2) is 12.7.